The lowest BCUT2D eigenvalue weighted by molar-refractivity contribution is 0.252. The van der Waals surface area contributed by atoms with Gasteiger partial charge in [0.1, 0.15) is 0 Å². The topological polar surface area (TPSA) is 66.1 Å². The van der Waals surface area contributed by atoms with Crippen LogP contribution in [0.5, 0.6) is 0 Å². The van der Waals surface area contributed by atoms with Gasteiger partial charge in [0.25, 0.3) is 0 Å². The summed E-state index contributed by atoms with van der Waals surface area (Å²) in [6, 6.07) is 17.4. The number of nitrogens with one attached hydrogen (secondary N) is 3. The highest BCUT2D eigenvalue weighted by Crippen LogP contribution is 2.25. The van der Waals surface area contributed by atoms with Crippen molar-refractivity contribution >= 4 is 38.4 Å². The number of benzene rings is 2. The summed E-state index contributed by atoms with van der Waals surface area (Å²) in [6.07, 6.45) is 0. The smallest absolute Gasteiger partial charge is 0.321 e. The van der Waals surface area contributed by atoms with Crippen LogP contribution in [0.25, 0.3) is 10.2 Å². The molecule has 3 aromatic rings. The highest BCUT2D eigenvalue weighted by atomic mass is 32.1. The molecule has 3 N–H and O–H groups in total. The molecule has 112 valence electrons. The van der Waals surface area contributed by atoms with Crippen molar-refractivity contribution in [1.82, 2.24) is 10.3 Å². The molecule has 0 bridgehead atoms. The Bertz CT molecular complexity index is 724. The van der Waals surface area contributed by atoms with Crippen LogP contribution >= 0.6 is 11.3 Å². The van der Waals surface area contributed by atoms with Crippen molar-refractivity contribution < 1.29 is 4.79 Å². The minimum absolute atomic E-state index is 0.242. The lowest BCUT2D eigenvalue weighted by atomic mass is 10.3. The van der Waals surface area contributed by atoms with Crippen molar-refractivity contribution in [3.05, 3.63) is 54.6 Å². The molecule has 22 heavy (non-hydrogen) atoms. The third-order valence-corrected chi connectivity index (χ3v) is 3.98. The number of fused-ring (bicyclic) bond motifs is 1. The number of para-hydroxylation sites is 2. The van der Waals surface area contributed by atoms with Gasteiger partial charge in [-0.05, 0) is 24.3 Å². The Balaban J connectivity index is 1.44. The van der Waals surface area contributed by atoms with E-state index in [1.807, 2.05) is 54.6 Å². The average molecular weight is 312 g/mol. The Kier molecular flexibility index (Phi) is 4.50. The molecule has 0 fully saturated rings. The van der Waals surface area contributed by atoms with Crippen LogP contribution in [-0.2, 0) is 0 Å². The van der Waals surface area contributed by atoms with Gasteiger partial charge in [0.15, 0.2) is 5.13 Å². The maximum atomic E-state index is 11.8. The first-order chi connectivity index (χ1) is 10.8. The second kappa shape index (κ2) is 6.91. The van der Waals surface area contributed by atoms with Gasteiger partial charge >= 0.3 is 6.03 Å². The van der Waals surface area contributed by atoms with E-state index in [1.165, 1.54) is 11.3 Å². The van der Waals surface area contributed by atoms with Crippen LogP contribution in [0.2, 0.25) is 0 Å². The fourth-order valence-corrected chi connectivity index (χ4v) is 2.87. The van der Waals surface area contributed by atoms with Gasteiger partial charge in [-0.15, -0.1) is 0 Å². The molecule has 2 amide bonds. The zero-order valence-electron chi connectivity index (χ0n) is 11.9. The summed E-state index contributed by atoms with van der Waals surface area (Å²) in [5.74, 6) is 0. The van der Waals surface area contributed by atoms with Gasteiger partial charge in [-0.1, -0.05) is 41.7 Å². The summed E-state index contributed by atoms with van der Waals surface area (Å²) in [4.78, 5) is 16.2. The van der Waals surface area contributed by atoms with E-state index >= 15 is 0 Å². The number of hydrogen-bond donors (Lipinski definition) is 3. The molecular weight excluding hydrogens is 296 g/mol. The van der Waals surface area contributed by atoms with Crippen molar-refractivity contribution in [2.24, 2.45) is 0 Å². The largest absolute Gasteiger partial charge is 0.383 e. The quantitative estimate of drug-likeness (QED) is 0.631. The molecule has 0 aliphatic heterocycles. The number of nitrogens with zero attached hydrogens (tertiary/aromatic N) is 1. The molecule has 0 aliphatic rings. The van der Waals surface area contributed by atoms with Crippen LogP contribution < -0.4 is 16.0 Å². The molecule has 1 heterocycles. The number of carbonyl (C=O) groups is 1. The molecule has 1 aromatic heterocycles. The van der Waals surface area contributed by atoms with E-state index in [0.29, 0.717) is 18.2 Å². The Labute approximate surface area is 132 Å². The number of urea groups is 1. The van der Waals surface area contributed by atoms with Gasteiger partial charge in [0.05, 0.1) is 10.2 Å². The highest BCUT2D eigenvalue weighted by molar-refractivity contribution is 7.22. The second-order valence-corrected chi connectivity index (χ2v) is 5.69. The molecule has 0 saturated carbocycles. The zero-order chi connectivity index (χ0) is 15.2. The molecule has 0 aliphatic carbocycles. The number of rotatable bonds is 5. The van der Waals surface area contributed by atoms with E-state index in [4.69, 9.17) is 0 Å². The SMILES string of the molecule is O=C(NCCNc1ccccc1)Nc1nc2ccccc2s1. The number of thiazole rings is 1. The monoisotopic (exact) mass is 312 g/mol. The minimum Gasteiger partial charge on any atom is -0.383 e. The second-order valence-electron chi connectivity index (χ2n) is 4.66. The Hall–Kier alpha value is -2.60. The first kappa shape index (κ1) is 14.3. The first-order valence-corrected chi connectivity index (χ1v) is 7.82. The third kappa shape index (κ3) is 3.73. The van der Waals surface area contributed by atoms with Crippen LogP contribution in [0.15, 0.2) is 54.6 Å². The first-order valence-electron chi connectivity index (χ1n) is 7.00. The molecule has 0 radical (unpaired) electrons. The maximum Gasteiger partial charge on any atom is 0.321 e. The molecule has 2 aromatic carbocycles. The third-order valence-electron chi connectivity index (χ3n) is 3.03. The summed E-state index contributed by atoms with van der Waals surface area (Å²) in [5, 5.41) is 9.40. The summed E-state index contributed by atoms with van der Waals surface area (Å²) in [7, 11) is 0. The van der Waals surface area contributed by atoms with E-state index in [1.54, 1.807) is 0 Å². The molecule has 0 saturated heterocycles. The van der Waals surface area contributed by atoms with Crippen molar-refractivity contribution in [2.75, 3.05) is 23.7 Å². The van der Waals surface area contributed by atoms with Crippen molar-refractivity contribution in [1.29, 1.82) is 0 Å². The van der Waals surface area contributed by atoms with Crippen LogP contribution in [0.4, 0.5) is 15.6 Å². The van der Waals surface area contributed by atoms with E-state index in [2.05, 4.69) is 20.9 Å². The normalized spacial score (nSPS) is 10.4. The van der Waals surface area contributed by atoms with Gasteiger partial charge in [0, 0.05) is 18.8 Å². The Morgan fingerprint density at radius 2 is 1.77 bits per heavy atom. The highest BCUT2D eigenvalue weighted by Gasteiger charge is 2.06. The average Bonchev–Trinajstić information content (AvgIpc) is 2.94. The lowest BCUT2D eigenvalue weighted by Gasteiger charge is -2.07. The Morgan fingerprint density at radius 1 is 1.00 bits per heavy atom. The fourth-order valence-electron chi connectivity index (χ4n) is 2.01. The summed E-state index contributed by atoms with van der Waals surface area (Å²) in [5.41, 5.74) is 1.93. The molecule has 6 heteroatoms. The summed E-state index contributed by atoms with van der Waals surface area (Å²) in [6.45, 7) is 1.20. The van der Waals surface area contributed by atoms with Crippen LogP contribution in [-0.4, -0.2) is 24.1 Å². The fraction of sp³-hybridized carbons (Fsp3) is 0.125. The summed E-state index contributed by atoms with van der Waals surface area (Å²) < 4.78 is 1.06. The predicted octanol–water partition coefficient (Wildman–Crippen LogP) is 3.53. The van der Waals surface area contributed by atoms with Crippen molar-refractivity contribution in [3.63, 3.8) is 0 Å². The van der Waals surface area contributed by atoms with E-state index in [0.717, 1.165) is 15.9 Å². The van der Waals surface area contributed by atoms with E-state index in [9.17, 15) is 4.79 Å². The molecule has 0 unspecified atom stereocenters. The lowest BCUT2D eigenvalue weighted by Crippen LogP contribution is -2.32. The zero-order valence-corrected chi connectivity index (χ0v) is 12.7. The van der Waals surface area contributed by atoms with E-state index < -0.39 is 0 Å². The molecule has 0 spiro atoms. The molecule has 0 atom stereocenters. The van der Waals surface area contributed by atoms with Crippen LogP contribution in [0.1, 0.15) is 0 Å². The van der Waals surface area contributed by atoms with Gasteiger partial charge < -0.3 is 10.6 Å². The number of hydrogen-bond acceptors (Lipinski definition) is 4. The molecule has 3 rings (SSSR count). The van der Waals surface area contributed by atoms with Crippen LogP contribution in [0.3, 0.4) is 0 Å². The van der Waals surface area contributed by atoms with Crippen LogP contribution in [0, 0.1) is 0 Å². The van der Waals surface area contributed by atoms with Gasteiger partial charge in [-0.2, -0.15) is 0 Å². The van der Waals surface area contributed by atoms with E-state index in [-0.39, 0.29) is 6.03 Å². The van der Waals surface area contributed by atoms with Crippen molar-refractivity contribution in [2.45, 2.75) is 0 Å². The maximum absolute atomic E-state index is 11.8. The summed E-state index contributed by atoms with van der Waals surface area (Å²) >= 11 is 1.46. The number of anilines is 2. The molecule has 5 nitrogen and oxygen atoms in total. The minimum atomic E-state index is -0.242. The number of carbonyl (C=O) groups excluding carboxylic acids is 1. The molecular formula is C16H16N4OS. The van der Waals surface area contributed by atoms with Crippen molar-refractivity contribution in [3.8, 4) is 0 Å². The number of aromatic nitrogens is 1. The van der Waals surface area contributed by atoms with Gasteiger partial charge in [-0.25, -0.2) is 9.78 Å². The number of amides is 2. The van der Waals surface area contributed by atoms with Gasteiger partial charge in [-0.3, -0.25) is 5.32 Å². The predicted molar refractivity (Wildman–Crippen MR) is 91.6 cm³/mol. The van der Waals surface area contributed by atoms with Gasteiger partial charge in [0.2, 0.25) is 0 Å². The standard InChI is InChI=1S/C16H16N4OS/c21-15(18-11-10-17-12-6-2-1-3-7-12)20-16-19-13-8-4-5-9-14(13)22-16/h1-9,17H,10-11H2,(H2,18,19,20,21). The Morgan fingerprint density at radius 3 is 2.59 bits per heavy atom.